The largest absolute Gasteiger partial charge is 0.398 e. The van der Waals surface area contributed by atoms with E-state index in [1.165, 1.54) is 6.07 Å². The Bertz CT molecular complexity index is 435. The van der Waals surface area contributed by atoms with E-state index in [9.17, 15) is 10.1 Å². The second-order valence-electron chi connectivity index (χ2n) is 4.78. The summed E-state index contributed by atoms with van der Waals surface area (Å²) in [4.78, 5) is 14.7. The summed E-state index contributed by atoms with van der Waals surface area (Å²) in [5.41, 5.74) is 7.01. The lowest BCUT2D eigenvalue weighted by molar-refractivity contribution is -0.384. The molecule has 0 amide bonds. The average molecular weight is 266 g/mol. The van der Waals surface area contributed by atoms with Crippen molar-refractivity contribution in [3.8, 4) is 0 Å². The Hall–Kier alpha value is -1.82. The number of non-ortho nitro benzene ring substituents is 1. The molecule has 0 unspecified atom stereocenters. The lowest BCUT2D eigenvalue weighted by Crippen LogP contribution is -2.27. The molecule has 0 radical (unpaired) electrons. The highest BCUT2D eigenvalue weighted by Crippen LogP contribution is 2.25. The molecule has 0 atom stereocenters. The number of anilines is 2. The second kappa shape index (κ2) is 6.94. The molecule has 0 aliphatic heterocycles. The van der Waals surface area contributed by atoms with Crippen molar-refractivity contribution >= 4 is 17.1 Å². The van der Waals surface area contributed by atoms with Gasteiger partial charge in [-0.2, -0.15) is 0 Å². The zero-order valence-corrected chi connectivity index (χ0v) is 11.8. The first kappa shape index (κ1) is 15.2. The fourth-order valence-electron chi connectivity index (χ4n) is 1.95. The Kier molecular flexibility index (Phi) is 5.57. The molecule has 1 aromatic carbocycles. The van der Waals surface area contributed by atoms with Crippen molar-refractivity contribution in [2.45, 2.75) is 13.3 Å². The number of nitro groups is 1. The van der Waals surface area contributed by atoms with Crippen molar-refractivity contribution in [3.63, 3.8) is 0 Å². The number of benzene rings is 1. The minimum absolute atomic E-state index is 0.0426. The molecule has 0 aromatic heterocycles. The van der Waals surface area contributed by atoms with Crippen LogP contribution in [0.15, 0.2) is 18.2 Å². The molecule has 6 nitrogen and oxygen atoms in total. The quantitative estimate of drug-likeness (QED) is 0.464. The van der Waals surface area contributed by atoms with Crippen molar-refractivity contribution < 1.29 is 4.92 Å². The molecular formula is C13H22N4O2. The smallest absolute Gasteiger partial charge is 0.273 e. The first-order valence-electron chi connectivity index (χ1n) is 6.38. The average Bonchev–Trinajstić information content (AvgIpc) is 2.33. The third-order valence-corrected chi connectivity index (χ3v) is 2.92. The Labute approximate surface area is 113 Å². The van der Waals surface area contributed by atoms with Gasteiger partial charge in [0.2, 0.25) is 0 Å². The molecule has 0 saturated carbocycles. The maximum Gasteiger partial charge on any atom is 0.273 e. The summed E-state index contributed by atoms with van der Waals surface area (Å²) in [5, 5.41) is 10.8. The van der Waals surface area contributed by atoms with Crippen molar-refractivity contribution in [3.05, 3.63) is 28.3 Å². The number of nitrogens with zero attached hydrogens (tertiary/aromatic N) is 3. The van der Waals surface area contributed by atoms with E-state index >= 15 is 0 Å². The van der Waals surface area contributed by atoms with E-state index in [1.807, 2.05) is 21.0 Å². The summed E-state index contributed by atoms with van der Waals surface area (Å²) in [6.45, 7) is 4.68. The summed E-state index contributed by atoms with van der Waals surface area (Å²) in [6.07, 6.45) is 1.00. The fourth-order valence-corrected chi connectivity index (χ4v) is 1.95. The Morgan fingerprint density at radius 2 is 1.95 bits per heavy atom. The van der Waals surface area contributed by atoms with Gasteiger partial charge in [0.25, 0.3) is 5.69 Å². The van der Waals surface area contributed by atoms with Gasteiger partial charge in [-0.25, -0.2) is 0 Å². The second-order valence-corrected chi connectivity index (χ2v) is 4.78. The minimum Gasteiger partial charge on any atom is -0.398 e. The van der Waals surface area contributed by atoms with Gasteiger partial charge in [0, 0.05) is 36.6 Å². The fraction of sp³-hybridized carbons (Fsp3) is 0.538. The summed E-state index contributed by atoms with van der Waals surface area (Å²) >= 11 is 0. The standard InChI is InChI=1S/C13H22N4O2/c1-4-16(7-5-6-15(2)3)12-8-11(14)9-13(10-12)17(18)19/h8-10H,4-7,14H2,1-3H3. The van der Waals surface area contributed by atoms with Crippen LogP contribution >= 0.6 is 0 Å². The van der Waals surface area contributed by atoms with Crippen LogP contribution in [0.2, 0.25) is 0 Å². The van der Waals surface area contributed by atoms with E-state index in [-0.39, 0.29) is 5.69 Å². The highest BCUT2D eigenvalue weighted by Gasteiger charge is 2.12. The molecule has 6 heteroatoms. The summed E-state index contributed by atoms with van der Waals surface area (Å²) in [7, 11) is 4.06. The van der Waals surface area contributed by atoms with Crippen molar-refractivity contribution in [2.75, 3.05) is 44.4 Å². The van der Waals surface area contributed by atoms with Gasteiger partial charge in [0.1, 0.15) is 0 Å². The number of hydrogen-bond donors (Lipinski definition) is 1. The summed E-state index contributed by atoms with van der Waals surface area (Å²) in [5.74, 6) is 0. The zero-order chi connectivity index (χ0) is 14.4. The van der Waals surface area contributed by atoms with Gasteiger partial charge in [0.15, 0.2) is 0 Å². The van der Waals surface area contributed by atoms with Gasteiger partial charge in [-0.05, 0) is 40.1 Å². The van der Waals surface area contributed by atoms with E-state index < -0.39 is 4.92 Å². The van der Waals surface area contributed by atoms with Crippen LogP contribution in [0.5, 0.6) is 0 Å². The predicted octanol–water partition coefficient (Wildman–Crippen LogP) is 1.96. The van der Waals surface area contributed by atoms with Crippen LogP contribution in [0.25, 0.3) is 0 Å². The molecule has 0 heterocycles. The molecule has 0 saturated heterocycles. The highest BCUT2D eigenvalue weighted by molar-refractivity contribution is 5.62. The lowest BCUT2D eigenvalue weighted by atomic mass is 10.2. The van der Waals surface area contributed by atoms with Crippen LogP contribution in [-0.2, 0) is 0 Å². The molecule has 0 aliphatic carbocycles. The van der Waals surface area contributed by atoms with Crippen LogP contribution in [0.3, 0.4) is 0 Å². The Morgan fingerprint density at radius 1 is 1.26 bits per heavy atom. The van der Waals surface area contributed by atoms with Gasteiger partial charge >= 0.3 is 0 Å². The number of hydrogen-bond acceptors (Lipinski definition) is 5. The van der Waals surface area contributed by atoms with Crippen LogP contribution in [-0.4, -0.2) is 43.6 Å². The number of nitrogens with two attached hydrogens (primary N) is 1. The van der Waals surface area contributed by atoms with Crippen LogP contribution < -0.4 is 10.6 Å². The molecule has 0 bridgehead atoms. The van der Waals surface area contributed by atoms with Gasteiger partial charge in [0.05, 0.1) is 4.92 Å². The van der Waals surface area contributed by atoms with Gasteiger partial charge in [-0.15, -0.1) is 0 Å². The third kappa shape index (κ3) is 4.75. The van der Waals surface area contributed by atoms with Crippen molar-refractivity contribution in [1.82, 2.24) is 4.90 Å². The molecular weight excluding hydrogens is 244 g/mol. The number of nitrogen functional groups attached to an aromatic ring is 1. The molecule has 0 fully saturated rings. The van der Waals surface area contributed by atoms with E-state index in [2.05, 4.69) is 9.80 Å². The predicted molar refractivity (Wildman–Crippen MR) is 78.6 cm³/mol. The Morgan fingerprint density at radius 3 is 2.47 bits per heavy atom. The minimum atomic E-state index is -0.409. The molecule has 2 N–H and O–H groups in total. The van der Waals surface area contributed by atoms with Gasteiger partial charge in [-0.3, -0.25) is 10.1 Å². The van der Waals surface area contributed by atoms with Crippen molar-refractivity contribution in [2.24, 2.45) is 0 Å². The van der Waals surface area contributed by atoms with Crippen LogP contribution in [0.4, 0.5) is 17.1 Å². The van der Waals surface area contributed by atoms with E-state index in [0.717, 1.165) is 31.7 Å². The molecule has 0 aliphatic rings. The maximum atomic E-state index is 10.8. The normalized spacial score (nSPS) is 10.7. The van der Waals surface area contributed by atoms with E-state index in [0.29, 0.717) is 5.69 Å². The summed E-state index contributed by atoms with van der Waals surface area (Å²) in [6, 6.07) is 4.75. The van der Waals surface area contributed by atoms with Crippen molar-refractivity contribution in [1.29, 1.82) is 0 Å². The third-order valence-electron chi connectivity index (χ3n) is 2.92. The topological polar surface area (TPSA) is 75.6 Å². The van der Waals surface area contributed by atoms with Gasteiger partial charge in [-0.1, -0.05) is 0 Å². The first-order valence-corrected chi connectivity index (χ1v) is 6.38. The molecule has 0 spiro atoms. The molecule has 1 rings (SSSR count). The maximum absolute atomic E-state index is 10.8. The zero-order valence-electron chi connectivity index (χ0n) is 11.8. The SMILES string of the molecule is CCN(CCCN(C)C)c1cc(N)cc([N+](=O)[O-])c1. The molecule has 106 valence electrons. The Balaban J connectivity index is 2.82. The lowest BCUT2D eigenvalue weighted by Gasteiger charge is -2.24. The van der Waals surface area contributed by atoms with E-state index in [1.54, 1.807) is 12.1 Å². The van der Waals surface area contributed by atoms with Crippen LogP contribution in [0.1, 0.15) is 13.3 Å². The number of rotatable bonds is 7. The highest BCUT2D eigenvalue weighted by atomic mass is 16.6. The molecule has 19 heavy (non-hydrogen) atoms. The first-order chi connectivity index (χ1) is 8.93. The number of nitro benzene ring substituents is 1. The monoisotopic (exact) mass is 266 g/mol. The van der Waals surface area contributed by atoms with Gasteiger partial charge < -0.3 is 15.5 Å². The molecule has 1 aromatic rings. The van der Waals surface area contributed by atoms with Crippen LogP contribution in [0, 0.1) is 10.1 Å². The van der Waals surface area contributed by atoms with E-state index in [4.69, 9.17) is 5.73 Å². The summed E-state index contributed by atoms with van der Waals surface area (Å²) < 4.78 is 0.